The Morgan fingerprint density at radius 1 is 0.850 bits per heavy atom. The molecule has 0 aliphatic carbocycles. The summed E-state index contributed by atoms with van der Waals surface area (Å²) in [5.74, 6) is 0.235. The van der Waals surface area contributed by atoms with E-state index in [1.807, 2.05) is 19.1 Å². The molecular formula is C18H22O2. The van der Waals surface area contributed by atoms with Crippen LogP contribution in [0.15, 0.2) is 30.3 Å². The van der Waals surface area contributed by atoms with Gasteiger partial charge in [-0.3, -0.25) is 0 Å². The maximum atomic E-state index is 10.0. The zero-order valence-electron chi connectivity index (χ0n) is 12.4. The van der Waals surface area contributed by atoms with Gasteiger partial charge in [-0.05, 0) is 49.4 Å². The quantitative estimate of drug-likeness (QED) is 0.890. The largest absolute Gasteiger partial charge is 0.507 e. The minimum atomic E-state index is -0.125. The second-order valence-corrected chi connectivity index (χ2v) is 5.45. The number of aliphatic hydroxyl groups excluding tert-OH is 1. The number of aryl methyl sites for hydroxylation is 3. The molecule has 2 nitrogen and oxygen atoms in total. The highest BCUT2D eigenvalue weighted by atomic mass is 16.3. The highest BCUT2D eigenvalue weighted by Crippen LogP contribution is 2.26. The molecule has 2 aromatic carbocycles. The first kappa shape index (κ1) is 14.6. The van der Waals surface area contributed by atoms with Crippen molar-refractivity contribution >= 4 is 0 Å². The zero-order chi connectivity index (χ0) is 14.7. The molecule has 0 heterocycles. The lowest BCUT2D eigenvalue weighted by Gasteiger charge is -2.11. The molecule has 0 aromatic heterocycles. The molecule has 106 valence electrons. The first-order chi connectivity index (χ1) is 9.53. The van der Waals surface area contributed by atoms with Gasteiger partial charge in [-0.2, -0.15) is 0 Å². The highest BCUT2D eigenvalue weighted by Gasteiger charge is 2.09. The molecule has 0 unspecified atom stereocenters. The fraction of sp³-hybridized carbons (Fsp3) is 0.333. The zero-order valence-corrected chi connectivity index (χ0v) is 12.4. The molecular weight excluding hydrogens is 248 g/mol. The number of hydrogen-bond acceptors (Lipinski definition) is 2. The van der Waals surface area contributed by atoms with Gasteiger partial charge in [0.1, 0.15) is 5.75 Å². The number of hydrogen-bond donors (Lipinski definition) is 2. The van der Waals surface area contributed by atoms with E-state index in [0.29, 0.717) is 5.56 Å². The second kappa shape index (κ2) is 6.10. The molecule has 0 saturated carbocycles. The van der Waals surface area contributed by atoms with Crippen LogP contribution < -0.4 is 0 Å². The monoisotopic (exact) mass is 270 g/mol. The normalized spacial score (nSPS) is 10.8. The van der Waals surface area contributed by atoms with E-state index < -0.39 is 0 Å². The molecule has 20 heavy (non-hydrogen) atoms. The molecule has 0 radical (unpaired) electrons. The Labute approximate surface area is 120 Å². The van der Waals surface area contributed by atoms with Gasteiger partial charge < -0.3 is 10.2 Å². The van der Waals surface area contributed by atoms with Crippen LogP contribution in [0.1, 0.15) is 40.3 Å². The van der Waals surface area contributed by atoms with Crippen molar-refractivity contribution in [3.05, 3.63) is 63.7 Å². The average molecular weight is 270 g/mol. The number of benzene rings is 2. The van der Waals surface area contributed by atoms with E-state index in [1.54, 1.807) is 0 Å². The molecule has 0 bridgehead atoms. The molecule has 2 rings (SSSR count). The lowest BCUT2D eigenvalue weighted by Crippen LogP contribution is -1.97. The average Bonchev–Trinajstić information content (AvgIpc) is 2.39. The van der Waals surface area contributed by atoms with Crippen LogP contribution in [0, 0.1) is 13.8 Å². The summed E-state index contributed by atoms with van der Waals surface area (Å²) in [5, 5.41) is 19.4. The topological polar surface area (TPSA) is 40.5 Å². The summed E-state index contributed by atoms with van der Waals surface area (Å²) in [6.45, 7) is 6.09. The highest BCUT2D eigenvalue weighted by molar-refractivity contribution is 5.45. The molecule has 2 N–H and O–H groups in total. The van der Waals surface area contributed by atoms with E-state index in [-0.39, 0.29) is 12.4 Å². The van der Waals surface area contributed by atoms with Crippen molar-refractivity contribution in [3.8, 4) is 5.75 Å². The Balaban J connectivity index is 2.38. The van der Waals surface area contributed by atoms with Gasteiger partial charge in [0.15, 0.2) is 0 Å². The Kier molecular flexibility index (Phi) is 4.46. The van der Waals surface area contributed by atoms with Crippen molar-refractivity contribution < 1.29 is 10.2 Å². The Hall–Kier alpha value is -1.80. The van der Waals surface area contributed by atoms with Crippen LogP contribution >= 0.6 is 0 Å². The molecule has 0 aliphatic rings. The Morgan fingerprint density at radius 3 is 1.95 bits per heavy atom. The summed E-state index contributed by atoms with van der Waals surface area (Å²) >= 11 is 0. The third kappa shape index (κ3) is 3.20. The van der Waals surface area contributed by atoms with E-state index in [1.165, 1.54) is 16.7 Å². The standard InChI is InChI=1S/C18H22O2/c1-4-16-9-15(10-17(11-19)18(16)20)8-14-6-12(2)5-13(3)7-14/h5-7,9-10,19-20H,4,8,11H2,1-3H3. The molecule has 0 fully saturated rings. The van der Waals surface area contributed by atoms with Crippen molar-refractivity contribution in [3.63, 3.8) is 0 Å². The van der Waals surface area contributed by atoms with Gasteiger partial charge in [0.2, 0.25) is 0 Å². The smallest absolute Gasteiger partial charge is 0.124 e. The van der Waals surface area contributed by atoms with Gasteiger partial charge in [-0.25, -0.2) is 0 Å². The SMILES string of the molecule is CCc1cc(Cc2cc(C)cc(C)c2)cc(CO)c1O. The minimum absolute atomic E-state index is 0.125. The summed E-state index contributed by atoms with van der Waals surface area (Å²) < 4.78 is 0. The van der Waals surface area contributed by atoms with Crippen LogP contribution in [-0.2, 0) is 19.4 Å². The van der Waals surface area contributed by atoms with Crippen LogP contribution in [0.5, 0.6) is 5.75 Å². The fourth-order valence-electron chi connectivity index (χ4n) is 2.73. The Morgan fingerprint density at radius 2 is 1.40 bits per heavy atom. The number of phenols is 1. The van der Waals surface area contributed by atoms with Gasteiger partial charge in [-0.1, -0.05) is 42.3 Å². The summed E-state index contributed by atoms with van der Waals surface area (Å²) in [6, 6.07) is 10.5. The van der Waals surface area contributed by atoms with Gasteiger partial charge in [0, 0.05) is 5.56 Å². The number of rotatable bonds is 4. The van der Waals surface area contributed by atoms with E-state index in [0.717, 1.165) is 24.0 Å². The maximum Gasteiger partial charge on any atom is 0.124 e. The van der Waals surface area contributed by atoms with Crippen molar-refractivity contribution in [2.75, 3.05) is 0 Å². The third-order valence-electron chi connectivity index (χ3n) is 3.57. The van der Waals surface area contributed by atoms with E-state index in [4.69, 9.17) is 0 Å². The van der Waals surface area contributed by atoms with Gasteiger partial charge >= 0.3 is 0 Å². The lowest BCUT2D eigenvalue weighted by molar-refractivity contribution is 0.275. The number of aliphatic hydroxyl groups is 1. The van der Waals surface area contributed by atoms with Crippen molar-refractivity contribution in [1.29, 1.82) is 0 Å². The van der Waals surface area contributed by atoms with Crippen molar-refractivity contribution in [2.45, 2.75) is 40.2 Å². The van der Waals surface area contributed by atoms with E-state index >= 15 is 0 Å². The molecule has 0 atom stereocenters. The summed E-state index contributed by atoms with van der Waals surface area (Å²) in [6.07, 6.45) is 1.59. The molecule has 0 saturated heterocycles. The third-order valence-corrected chi connectivity index (χ3v) is 3.57. The lowest BCUT2D eigenvalue weighted by atomic mass is 9.96. The molecule has 2 aromatic rings. The van der Waals surface area contributed by atoms with E-state index in [2.05, 4.69) is 32.0 Å². The summed E-state index contributed by atoms with van der Waals surface area (Å²) in [5.41, 5.74) is 6.43. The second-order valence-electron chi connectivity index (χ2n) is 5.45. The van der Waals surface area contributed by atoms with Crippen LogP contribution in [0.3, 0.4) is 0 Å². The molecule has 2 heteroatoms. The molecule has 0 spiro atoms. The fourth-order valence-corrected chi connectivity index (χ4v) is 2.73. The van der Waals surface area contributed by atoms with Crippen LogP contribution in [0.25, 0.3) is 0 Å². The Bertz CT molecular complexity index is 570. The molecule has 0 aliphatic heterocycles. The molecule has 0 amide bonds. The first-order valence-corrected chi connectivity index (χ1v) is 7.05. The van der Waals surface area contributed by atoms with E-state index in [9.17, 15) is 10.2 Å². The predicted octanol–water partition coefficient (Wildman–Crippen LogP) is 3.65. The summed E-state index contributed by atoms with van der Waals surface area (Å²) in [4.78, 5) is 0. The van der Waals surface area contributed by atoms with Crippen molar-refractivity contribution in [1.82, 2.24) is 0 Å². The van der Waals surface area contributed by atoms with Crippen LogP contribution in [0.4, 0.5) is 0 Å². The van der Waals surface area contributed by atoms with Gasteiger partial charge in [0.05, 0.1) is 6.61 Å². The summed E-state index contributed by atoms with van der Waals surface area (Å²) in [7, 11) is 0. The van der Waals surface area contributed by atoms with Crippen LogP contribution in [-0.4, -0.2) is 10.2 Å². The van der Waals surface area contributed by atoms with Gasteiger partial charge in [0.25, 0.3) is 0 Å². The minimum Gasteiger partial charge on any atom is -0.507 e. The first-order valence-electron chi connectivity index (χ1n) is 7.05. The van der Waals surface area contributed by atoms with Crippen LogP contribution in [0.2, 0.25) is 0 Å². The predicted molar refractivity (Wildman–Crippen MR) is 82.1 cm³/mol. The van der Waals surface area contributed by atoms with Crippen molar-refractivity contribution in [2.24, 2.45) is 0 Å². The maximum absolute atomic E-state index is 10.0. The van der Waals surface area contributed by atoms with Gasteiger partial charge in [-0.15, -0.1) is 0 Å². The number of aromatic hydroxyl groups is 1.